The average Bonchev–Trinajstić information content (AvgIpc) is 2.10. The number of carbonyl (C=O) groups excluding carboxylic acids is 2. The molecule has 14 heavy (non-hydrogen) atoms. The first-order chi connectivity index (χ1) is 6.50. The second-order valence-corrected chi connectivity index (χ2v) is 3.38. The SMILES string of the molecule is CC(=O)C1(N)NC(=O)NC=C1C=CBr. The van der Waals surface area contributed by atoms with Gasteiger partial charge in [0.05, 0.1) is 0 Å². The number of halogens is 1. The summed E-state index contributed by atoms with van der Waals surface area (Å²) in [6, 6.07) is -0.491. The van der Waals surface area contributed by atoms with Crippen LogP contribution in [0.15, 0.2) is 22.8 Å². The maximum Gasteiger partial charge on any atom is 0.320 e. The van der Waals surface area contributed by atoms with Crippen LogP contribution >= 0.6 is 15.9 Å². The molecule has 1 aliphatic heterocycles. The van der Waals surface area contributed by atoms with Crippen LogP contribution in [0.25, 0.3) is 0 Å². The Bertz CT molecular complexity index is 337. The summed E-state index contributed by atoms with van der Waals surface area (Å²) in [6.45, 7) is 1.32. The van der Waals surface area contributed by atoms with E-state index in [1.807, 2.05) is 0 Å². The molecule has 1 aliphatic rings. The Morgan fingerprint density at radius 3 is 2.86 bits per heavy atom. The van der Waals surface area contributed by atoms with Gasteiger partial charge in [-0.2, -0.15) is 0 Å². The number of urea groups is 1. The van der Waals surface area contributed by atoms with Gasteiger partial charge in [-0.1, -0.05) is 15.9 Å². The van der Waals surface area contributed by atoms with Crippen molar-refractivity contribution in [3.05, 3.63) is 22.8 Å². The molecule has 0 aromatic carbocycles. The van der Waals surface area contributed by atoms with Crippen molar-refractivity contribution >= 4 is 27.7 Å². The zero-order valence-electron chi connectivity index (χ0n) is 7.50. The van der Waals surface area contributed by atoms with Crippen LogP contribution in [0, 0.1) is 0 Å². The lowest BCUT2D eigenvalue weighted by Crippen LogP contribution is -2.65. The van der Waals surface area contributed by atoms with E-state index < -0.39 is 11.7 Å². The minimum absolute atomic E-state index is 0.329. The Balaban J connectivity index is 3.11. The summed E-state index contributed by atoms with van der Waals surface area (Å²) in [5, 5.41) is 4.78. The predicted molar refractivity (Wildman–Crippen MR) is 55.4 cm³/mol. The van der Waals surface area contributed by atoms with Crippen LogP contribution in [0.3, 0.4) is 0 Å². The van der Waals surface area contributed by atoms with E-state index in [2.05, 4.69) is 26.6 Å². The first kappa shape index (κ1) is 10.9. The van der Waals surface area contributed by atoms with Crippen molar-refractivity contribution in [3.8, 4) is 0 Å². The van der Waals surface area contributed by atoms with Gasteiger partial charge >= 0.3 is 6.03 Å². The second kappa shape index (κ2) is 3.93. The van der Waals surface area contributed by atoms with Crippen molar-refractivity contribution in [1.82, 2.24) is 10.6 Å². The number of hydrogen-bond acceptors (Lipinski definition) is 3. The van der Waals surface area contributed by atoms with E-state index in [9.17, 15) is 9.59 Å². The molecule has 1 atom stereocenters. The van der Waals surface area contributed by atoms with Crippen molar-refractivity contribution in [2.24, 2.45) is 5.73 Å². The van der Waals surface area contributed by atoms with Crippen LogP contribution in [-0.2, 0) is 4.79 Å². The van der Waals surface area contributed by atoms with Crippen molar-refractivity contribution in [1.29, 1.82) is 0 Å². The molecule has 0 aromatic rings. The van der Waals surface area contributed by atoms with Gasteiger partial charge < -0.3 is 10.6 Å². The number of ketones is 1. The van der Waals surface area contributed by atoms with Gasteiger partial charge in [-0.15, -0.1) is 0 Å². The molecule has 0 radical (unpaired) electrons. The molecule has 0 bridgehead atoms. The summed E-state index contributed by atoms with van der Waals surface area (Å²) < 4.78 is 0. The Hall–Kier alpha value is -1.14. The Kier molecular flexibility index (Phi) is 3.07. The van der Waals surface area contributed by atoms with Gasteiger partial charge in [-0.25, -0.2) is 4.79 Å². The molecule has 5 nitrogen and oxygen atoms in total. The summed E-state index contributed by atoms with van der Waals surface area (Å²) in [5.74, 6) is -0.329. The highest BCUT2D eigenvalue weighted by Crippen LogP contribution is 2.16. The summed E-state index contributed by atoms with van der Waals surface area (Å²) in [5.41, 5.74) is 4.81. The van der Waals surface area contributed by atoms with Crippen molar-refractivity contribution in [2.75, 3.05) is 0 Å². The summed E-state index contributed by atoms with van der Waals surface area (Å²) in [4.78, 5) is 23.8. The maximum atomic E-state index is 11.3. The number of hydrogen-bond donors (Lipinski definition) is 3. The summed E-state index contributed by atoms with van der Waals surface area (Å²) >= 11 is 3.07. The third-order valence-corrected chi connectivity index (χ3v) is 2.19. The molecule has 76 valence electrons. The Morgan fingerprint density at radius 1 is 1.71 bits per heavy atom. The van der Waals surface area contributed by atoms with Crippen LogP contribution in [0.4, 0.5) is 4.79 Å². The molecule has 1 unspecified atom stereocenters. The molecule has 0 saturated heterocycles. The van der Waals surface area contributed by atoms with E-state index in [0.29, 0.717) is 5.57 Å². The number of nitrogens with two attached hydrogens (primary N) is 1. The first-order valence-electron chi connectivity index (χ1n) is 3.86. The molecule has 0 saturated carbocycles. The van der Waals surface area contributed by atoms with Crippen molar-refractivity contribution in [2.45, 2.75) is 12.6 Å². The number of amides is 2. The van der Waals surface area contributed by atoms with E-state index in [1.165, 1.54) is 13.1 Å². The van der Waals surface area contributed by atoms with E-state index in [1.54, 1.807) is 11.1 Å². The van der Waals surface area contributed by atoms with Gasteiger partial charge in [0.2, 0.25) is 0 Å². The predicted octanol–water partition coefficient (Wildman–Crippen LogP) is 0.336. The summed E-state index contributed by atoms with van der Waals surface area (Å²) in [7, 11) is 0. The molecule has 4 N–H and O–H groups in total. The van der Waals surface area contributed by atoms with Crippen molar-refractivity contribution in [3.63, 3.8) is 0 Å². The fourth-order valence-corrected chi connectivity index (χ4v) is 1.37. The highest BCUT2D eigenvalue weighted by molar-refractivity contribution is 9.11. The highest BCUT2D eigenvalue weighted by atomic mass is 79.9. The zero-order valence-corrected chi connectivity index (χ0v) is 9.09. The van der Waals surface area contributed by atoms with Crippen LogP contribution in [-0.4, -0.2) is 17.5 Å². The van der Waals surface area contributed by atoms with E-state index in [-0.39, 0.29) is 5.78 Å². The fraction of sp³-hybridized carbons (Fsp3) is 0.250. The molecule has 0 spiro atoms. The summed E-state index contributed by atoms with van der Waals surface area (Å²) in [6.07, 6.45) is 2.99. The fourth-order valence-electron chi connectivity index (χ4n) is 1.08. The van der Waals surface area contributed by atoms with Crippen LogP contribution in [0.2, 0.25) is 0 Å². The number of carbonyl (C=O) groups is 2. The van der Waals surface area contributed by atoms with Gasteiger partial charge in [0.1, 0.15) is 0 Å². The Labute approximate surface area is 89.5 Å². The standard InChI is InChI=1S/C8H10BrN3O2/c1-5(13)8(10)6(2-3-9)4-11-7(14)12-8/h2-4H,10H2,1H3,(H2,11,12,14). The Morgan fingerprint density at radius 2 is 2.36 bits per heavy atom. The third-order valence-electron chi connectivity index (χ3n) is 1.92. The lowest BCUT2D eigenvalue weighted by atomic mass is 9.96. The molecule has 1 heterocycles. The zero-order chi connectivity index (χ0) is 10.8. The number of Topliss-reactive ketones (excluding diaryl/α,β-unsaturated/α-hetero) is 1. The molecule has 0 aromatic heterocycles. The largest absolute Gasteiger partial charge is 0.320 e. The lowest BCUT2D eigenvalue weighted by Gasteiger charge is -2.32. The lowest BCUT2D eigenvalue weighted by molar-refractivity contribution is -0.121. The third kappa shape index (κ3) is 1.85. The van der Waals surface area contributed by atoms with E-state index >= 15 is 0 Å². The molecule has 1 rings (SSSR count). The molecule has 0 fully saturated rings. The van der Waals surface area contributed by atoms with Gasteiger partial charge in [0, 0.05) is 11.8 Å². The molecular formula is C8H10BrN3O2. The van der Waals surface area contributed by atoms with Gasteiger partial charge in [-0.3, -0.25) is 10.5 Å². The smallest absolute Gasteiger partial charge is 0.314 e. The average molecular weight is 260 g/mol. The number of nitrogens with one attached hydrogen (secondary N) is 2. The molecule has 0 aliphatic carbocycles. The molecular weight excluding hydrogens is 250 g/mol. The normalized spacial score (nSPS) is 26.8. The minimum Gasteiger partial charge on any atom is -0.314 e. The van der Waals surface area contributed by atoms with E-state index in [0.717, 1.165) is 0 Å². The number of rotatable bonds is 2. The molecule has 2 amide bonds. The van der Waals surface area contributed by atoms with Crippen LogP contribution < -0.4 is 16.4 Å². The first-order valence-corrected chi connectivity index (χ1v) is 4.78. The second-order valence-electron chi connectivity index (χ2n) is 2.85. The monoisotopic (exact) mass is 259 g/mol. The topological polar surface area (TPSA) is 84.2 Å². The van der Waals surface area contributed by atoms with Crippen molar-refractivity contribution < 1.29 is 9.59 Å². The highest BCUT2D eigenvalue weighted by Gasteiger charge is 2.37. The van der Waals surface area contributed by atoms with Crippen LogP contribution in [0.1, 0.15) is 6.92 Å². The minimum atomic E-state index is -1.44. The molecule has 6 heteroatoms. The van der Waals surface area contributed by atoms with Gasteiger partial charge in [-0.05, 0) is 18.0 Å². The van der Waals surface area contributed by atoms with Gasteiger partial charge in [0.15, 0.2) is 11.4 Å². The van der Waals surface area contributed by atoms with Crippen LogP contribution in [0.5, 0.6) is 0 Å². The maximum absolute atomic E-state index is 11.3. The van der Waals surface area contributed by atoms with Gasteiger partial charge in [0.25, 0.3) is 0 Å². The quantitative estimate of drug-likeness (QED) is 0.669. The van der Waals surface area contributed by atoms with E-state index in [4.69, 9.17) is 5.73 Å².